The number of rotatable bonds is 8. The lowest BCUT2D eigenvalue weighted by Crippen LogP contribution is -2.00. The normalized spacial score (nSPS) is 10.8. The first-order valence-electron chi connectivity index (χ1n) is 8.75. The van der Waals surface area contributed by atoms with Gasteiger partial charge >= 0.3 is 0 Å². The first-order chi connectivity index (χ1) is 14.5. The lowest BCUT2D eigenvalue weighted by Gasteiger charge is -2.13. The fourth-order valence-electron chi connectivity index (χ4n) is 2.53. The van der Waals surface area contributed by atoms with Crippen LogP contribution in [-0.2, 0) is 6.61 Å². The summed E-state index contributed by atoms with van der Waals surface area (Å²) in [5.41, 5.74) is 5.10. The van der Waals surface area contributed by atoms with E-state index in [-0.39, 0.29) is 5.69 Å². The molecule has 0 unspecified atom stereocenters. The Labute approximate surface area is 186 Å². The van der Waals surface area contributed by atoms with Gasteiger partial charge in [0.25, 0.3) is 5.69 Å². The minimum absolute atomic E-state index is 0.0180. The van der Waals surface area contributed by atoms with Gasteiger partial charge in [-0.25, -0.2) is 0 Å². The number of nitro groups is 1. The van der Waals surface area contributed by atoms with Gasteiger partial charge < -0.3 is 9.47 Å². The fourth-order valence-corrected chi connectivity index (χ4v) is 3.14. The molecule has 0 heterocycles. The van der Waals surface area contributed by atoms with E-state index in [4.69, 9.17) is 21.1 Å². The monoisotopic (exact) mass is 489 g/mol. The minimum Gasteiger partial charge on any atom is -0.493 e. The Morgan fingerprint density at radius 1 is 1.17 bits per heavy atom. The van der Waals surface area contributed by atoms with E-state index in [0.29, 0.717) is 28.8 Å². The van der Waals surface area contributed by atoms with E-state index in [1.165, 1.54) is 12.1 Å². The van der Waals surface area contributed by atoms with Gasteiger partial charge in [0, 0.05) is 32.8 Å². The Bertz CT molecular complexity index is 1070. The van der Waals surface area contributed by atoms with Crippen molar-refractivity contribution >= 4 is 45.1 Å². The van der Waals surface area contributed by atoms with E-state index >= 15 is 0 Å². The smallest absolute Gasteiger partial charge is 0.269 e. The number of non-ortho nitro benzene ring substituents is 1. The van der Waals surface area contributed by atoms with Crippen molar-refractivity contribution in [3.05, 3.63) is 91.4 Å². The van der Waals surface area contributed by atoms with Crippen LogP contribution in [0.5, 0.6) is 11.5 Å². The second kappa shape index (κ2) is 10.1. The molecule has 0 radical (unpaired) electrons. The van der Waals surface area contributed by atoms with Crippen LogP contribution in [0.15, 0.2) is 70.2 Å². The third kappa shape index (κ3) is 5.49. The van der Waals surface area contributed by atoms with Gasteiger partial charge in [0.2, 0.25) is 0 Å². The highest BCUT2D eigenvalue weighted by Gasteiger charge is 2.11. The number of nitrogens with one attached hydrogen (secondary N) is 1. The number of anilines is 1. The number of ether oxygens (including phenoxy) is 2. The lowest BCUT2D eigenvalue weighted by molar-refractivity contribution is -0.384. The second-order valence-corrected chi connectivity index (χ2v) is 7.34. The Kier molecular flexibility index (Phi) is 7.26. The molecule has 0 saturated heterocycles. The third-order valence-electron chi connectivity index (χ3n) is 4.10. The Morgan fingerprint density at radius 3 is 2.57 bits per heavy atom. The Morgan fingerprint density at radius 2 is 1.90 bits per heavy atom. The molecule has 3 aromatic carbocycles. The van der Waals surface area contributed by atoms with Crippen molar-refractivity contribution < 1.29 is 14.4 Å². The van der Waals surface area contributed by atoms with Crippen molar-refractivity contribution in [2.45, 2.75) is 6.61 Å². The molecule has 154 valence electrons. The van der Waals surface area contributed by atoms with E-state index in [9.17, 15) is 10.1 Å². The predicted molar refractivity (Wildman–Crippen MR) is 121 cm³/mol. The van der Waals surface area contributed by atoms with Crippen LogP contribution in [0.3, 0.4) is 0 Å². The second-order valence-electron chi connectivity index (χ2n) is 6.08. The van der Waals surface area contributed by atoms with E-state index < -0.39 is 4.92 Å². The molecule has 0 saturated carbocycles. The van der Waals surface area contributed by atoms with Gasteiger partial charge in [-0.2, -0.15) is 5.10 Å². The zero-order valence-electron chi connectivity index (χ0n) is 15.8. The molecule has 0 spiro atoms. The number of halogens is 2. The first kappa shape index (κ1) is 21.6. The molecule has 30 heavy (non-hydrogen) atoms. The van der Waals surface area contributed by atoms with Crippen LogP contribution in [0.4, 0.5) is 11.4 Å². The molecular formula is C21H17BrClN3O4. The van der Waals surface area contributed by atoms with Crippen molar-refractivity contribution in [3.8, 4) is 11.5 Å². The summed E-state index contributed by atoms with van der Waals surface area (Å²) in [4.78, 5) is 10.2. The summed E-state index contributed by atoms with van der Waals surface area (Å²) >= 11 is 9.68. The Balaban J connectivity index is 1.70. The summed E-state index contributed by atoms with van der Waals surface area (Å²) in [5, 5.41) is 15.5. The van der Waals surface area contributed by atoms with Crippen LogP contribution >= 0.6 is 27.5 Å². The molecule has 7 nitrogen and oxygen atoms in total. The van der Waals surface area contributed by atoms with Crippen LogP contribution in [-0.4, -0.2) is 18.2 Å². The molecule has 3 aromatic rings. The van der Waals surface area contributed by atoms with Gasteiger partial charge in [-0.15, -0.1) is 0 Å². The standard InChI is InChI=1S/C21H17BrClN3O4/c1-29-20-10-15(12-24-25-16-6-8-17(9-7-16)26(27)28)18(22)11-21(20)30-13-14-4-2-3-5-19(14)23/h2-12,25H,13H2,1H3. The molecule has 0 atom stereocenters. The van der Waals surface area contributed by atoms with Crippen molar-refractivity contribution in [2.75, 3.05) is 12.5 Å². The van der Waals surface area contributed by atoms with Crippen molar-refractivity contribution in [2.24, 2.45) is 5.10 Å². The largest absolute Gasteiger partial charge is 0.493 e. The highest BCUT2D eigenvalue weighted by atomic mass is 79.9. The molecular weight excluding hydrogens is 474 g/mol. The van der Waals surface area contributed by atoms with Crippen LogP contribution in [0.2, 0.25) is 5.02 Å². The maximum Gasteiger partial charge on any atom is 0.269 e. The fraction of sp³-hybridized carbons (Fsp3) is 0.0952. The van der Waals surface area contributed by atoms with Gasteiger partial charge in [-0.1, -0.05) is 29.8 Å². The van der Waals surface area contributed by atoms with Gasteiger partial charge in [0.05, 0.1) is 23.9 Å². The topological polar surface area (TPSA) is 86.0 Å². The maximum atomic E-state index is 10.7. The average Bonchev–Trinajstić information content (AvgIpc) is 2.74. The molecule has 0 fully saturated rings. The summed E-state index contributed by atoms with van der Waals surface area (Å²) < 4.78 is 12.1. The quantitative estimate of drug-likeness (QED) is 0.236. The van der Waals surface area contributed by atoms with Crippen LogP contribution in [0.1, 0.15) is 11.1 Å². The first-order valence-corrected chi connectivity index (χ1v) is 9.92. The maximum absolute atomic E-state index is 10.7. The lowest BCUT2D eigenvalue weighted by atomic mass is 10.2. The summed E-state index contributed by atoms with van der Waals surface area (Å²) in [6, 6.07) is 17.0. The third-order valence-corrected chi connectivity index (χ3v) is 5.15. The molecule has 1 N–H and O–H groups in total. The summed E-state index contributed by atoms with van der Waals surface area (Å²) in [6.45, 7) is 0.303. The molecule has 9 heteroatoms. The van der Waals surface area contributed by atoms with E-state index in [1.807, 2.05) is 24.3 Å². The zero-order valence-corrected chi connectivity index (χ0v) is 18.2. The Hall–Kier alpha value is -3.10. The van der Waals surface area contributed by atoms with Crippen LogP contribution in [0, 0.1) is 10.1 Å². The van der Waals surface area contributed by atoms with Crippen molar-refractivity contribution in [1.82, 2.24) is 0 Å². The molecule has 0 aromatic heterocycles. The van der Waals surface area contributed by atoms with Gasteiger partial charge in [0.1, 0.15) is 6.61 Å². The highest BCUT2D eigenvalue weighted by Crippen LogP contribution is 2.34. The number of benzene rings is 3. The van der Waals surface area contributed by atoms with Gasteiger partial charge in [-0.3, -0.25) is 15.5 Å². The minimum atomic E-state index is -0.453. The molecule has 0 aliphatic rings. The number of methoxy groups -OCH3 is 1. The molecule has 0 amide bonds. The number of hydrazone groups is 1. The van der Waals surface area contributed by atoms with Crippen LogP contribution < -0.4 is 14.9 Å². The molecule has 0 aliphatic carbocycles. The number of nitro benzene ring substituents is 1. The summed E-state index contributed by atoms with van der Waals surface area (Å²) in [5.74, 6) is 1.10. The van der Waals surface area contributed by atoms with Gasteiger partial charge in [-0.05, 0) is 46.3 Å². The number of nitrogens with zero attached hydrogens (tertiary/aromatic N) is 2. The molecule has 0 aliphatic heterocycles. The van der Waals surface area contributed by atoms with E-state index in [2.05, 4.69) is 26.5 Å². The highest BCUT2D eigenvalue weighted by molar-refractivity contribution is 9.10. The average molecular weight is 491 g/mol. The molecule has 0 bridgehead atoms. The van der Waals surface area contributed by atoms with Crippen molar-refractivity contribution in [1.29, 1.82) is 0 Å². The molecule has 3 rings (SSSR count). The zero-order chi connectivity index (χ0) is 21.5. The predicted octanol–water partition coefficient (Wildman–Crippen LogP) is 6.04. The number of hydrogen-bond acceptors (Lipinski definition) is 6. The van der Waals surface area contributed by atoms with Crippen LogP contribution in [0.25, 0.3) is 0 Å². The van der Waals surface area contributed by atoms with Crippen molar-refractivity contribution in [3.63, 3.8) is 0 Å². The summed E-state index contributed by atoms with van der Waals surface area (Å²) in [7, 11) is 1.56. The summed E-state index contributed by atoms with van der Waals surface area (Å²) in [6.07, 6.45) is 1.60. The van der Waals surface area contributed by atoms with Gasteiger partial charge in [0.15, 0.2) is 11.5 Å². The number of hydrogen-bond donors (Lipinski definition) is 1. The SMILES string of the molecule is COc1cc(C=NNc2ccc([N+](=O)[O-])cc2)c(Br)cc1OCc1ccccc1Cl. The van der Waals surface area contributed by atoms with E-state index in [1.54, 1.807) is 37.6 Å². The van der Waals surface area contributed by atoms with E-state index in [0.717, 1.165) is 15.6 Å².